The van der Waals surface area contributed by atoms with Crippen molar-refractivity contribution in [2.75, 3.05) is 26.1 Å². The van der Waals surface area contributed by atoms with Crippen molar-refractivity contribution in [3.63, 3.8) is 0 Å². The lowest BCUT2D eigenvalue weighted by atomic mass is 10.2. The Balaban J connectivity index is 1.44. The summed E-state index contributed by atoms with van der Waals surface area (Å²) >= 11 is 6.07. The van der Waals surface area contributed by atoms with Crippen LogP contribution in [-0.2, 0) is 11.3 Å². The van der Waals surface area contributed by atoms with Crippen LogP contribution >= 0.6 is 11.6 Å². The molecule has 0 saturated carbocycles. The van der Waals surface area contributed by atoms with Crippen molar-refractivity contribution >= 4 is 29.4 Å². The van der Waals surface area contributed by atoms with E-state index in [0.29, 0.717) is 33.5 Å². The van der Waals surface area contributed by atoms with Gasteiger partial charge in [-0.15, -0.1) is 0 Å². The van der Waals surface area contributed by atoms with Gasteiger partial charge >= 0.3 is 0 Å². The van der Waals surface area contributed by atoms with Crippen molar-refractivity contribution in [3.8, 4) is 28.4 Å². The fourth-order valence-corrected chi connectivity index (χ4v) is 4.36. The summed E-state index contributed by atoms with van der Waals surface area (Å²) in [4.78, 5) is 33.0. The second-order valence-corrected chi connectivity index (χ2v) is 9.48. The Morgan fingerprint density at radius 2 is 1.71 bits per heavy atom. The van der Waals surface area contributed by atoms with E-state index >= 15 is 0 Å². The lowest BCUT2D eigenvalue weighted by Crippen LogP contribution is -2.37. The van der Waals surface area contributed by atoms with Crippen LogP contribution < -0.4 is 14.8 Å². The molecule has 208 valence electrons. The van der Waals surface area contributed by atoms with Gasteiger partial charge in [-0.3, -0.25) is 19.5 Å². The number of nitrogens with one attached hydrogen (secondary N) is 1. The van der Waals surface area contributed by atoms with Crippen molar-refractivity contribution in [2.24, 2.45) is 0 Å². The fourth-order valence-electron chi connectivity index (χ4n) is 4.23. The molecule has 1 N–H and O–H groups in total. The zero-order valence-electron chi connectivity index (χ0n) is 22.4. The van der Waals surface area contributed by atoms with Crippen LogP contribution in [-0.4, -0.2) is 47.0 Å². The van der Waals surface area contributed by atoms with Crippen LogP contribution in [0.3, 0.4) is 0 Å². The zero-order valence-corrected chi connectivity index (χ0v) is 23.2. The molecular formula is C31H27ClN4O5. The molecule has 0 fully saturated rings. The van der Waals surface area contributed by atoms with E-state index in [1.165, 1.54) is 18.3 Å². The van der Waals surface area contributed by atoms with Crippen molar-refractivity contribution in [2.45, 2.75) is 6.54 Å². The smallest absolute Gasteiger partial charge is 0.254 e. The molecule has 0 aliphatic rings. The highest BCUT2D eigenvalue weighted by Gasteiger charge is 2.22. The van der Waals surface area contributed by atoms with Gasteiger partial charge < -0.3 is 18.8 Å². The van der Waals surface area contributed by atoms with Crippen molar-refractivity contribution < 1.29 is 23.5 Å². The van der Waals surface area contributed by atoms with E-state index in [9.17, 15) is 9.59 Å². The SMILES string of the molecule is COc1ccc(-n2cc(-c3ccc(Cl)cc3)nc2NC(=O)CN(Cc2ccco2)C(=O)c2cccc(OC)c2)cc1. The van der Waals surface area contributed by atoms with E-state index < -0.39 is 5.91 Å². The number of imidazole rings is 1. The van der Waals surface area contributed by atoms with Crippen LogP contribution in [0, 0.1) is 0 Å². The molecule has 41 heavy (non-hydrogen) atoms. The number of halogens is 1. The van der Waals surface area contributed by atoms with Gasteiger partial charge in [0.15, 0.2) is 0 Å². The van der Waals surface area contributed by atoms with Gasteiger partial charge in [-0.25, -0.2) is 4.98 Å². The lowest BCUT2D eigenvalue weighted by molar-refractivity contribution is -0.117. The molecule has 0 radical (unpaired) electrons. The van der Waals surface area contributed by atoms with Gasteiger partial charge in [0.25, 0.3) is 5.91 Å². The molecule has 10 heteroatoms. The average molecular weight is 571 g/mol. The zero-order chi connectivity index (χ0) is 28.8. The van der Waals surface area contributed by atoms with Crippen LogP contribution in [0.15, 0.2) is 102 Å². The molecule has 0 unspecified atom stereocenters. The van der Waals surface area contributed by atoms with Crippen LogP contribution in [0.1, 0.15) is 16.1 Å². The minimum absolute atomic E-state index is 0.0966. The normalized spacial score (nSPS) is 10.7. The molecule has 2 amide bonds. The molecule has 0 bridgehead atoms. The first-order valence-corrected chi connectivity index (χ1v) is 13.1. The summed E-state index contributed by atoms with van der Waals surface area (Å²) in [7, 11) is 3.12. The third kappa shape index (κ3) is 6.59. The Labute approximate surface area is 241 Å². The lowest BCUT2D eigenvalue weighted by Gasteiger charge is -2.21. The summed E-state index contributed by atoms with van der Waals surface area (Å²) in [6.07, 6.45) is 3.34. The number of nitrogens with zero attached hydrogens (tertiary/aromatic N) is 3. The Kier molecular flexibility index (Phi) is 8.36. The molecule has 0 aliphatic carbocycles. The Morgan fingerprint density at radius 1 is 0.951 bits per heavy atom. The Bertz CT molecular complexity index is 1630. The van der Waals surface area contributed by atoms with Crippen molar-refractivity contribution in [1.82, 2.24) is 14.5 Å². The molecule has 5 aromatic rings. The minimum atomic E-state index is -0.434. The van der Waals surface area contributed by atoms with Gasteiger partial charge in [0.2, 0.25) is 11.9 Å². The number of aromatic nitrogens is 2. The number of ether oxygens (including phenoxy) is 2. The number of carbonyl (C=O) groups excluding carboxylic acids is 2. The molecule has 0 saturated heterocycles. The molecule has 2 heterocycles. The molecule has 0 aliphatic heterocycles. The van der Waals surface area contributed by atoms with Gasteiger partial charge in [0.1, 0.15) is 23.8 Å². The largest absolute Gasteiger partial charge is 0.497 e. The fraction of sp³-hybridized carbons (Fsp3) is 0.129. The average Bonchev–Trinajstić information content (AvgIpc) is 3.67. The van der Waals surface area contributed by atoms with E-state index in [0.717, 1.165) is 11.3 Å². The summed E-state index contributed by atoms with van der Waals surface area (Å²) in [6, 6.07) is 24.9. The Morgan fingerprint density at radius 3 is 2.39 bits per heavy atom. The maximum atomic E-state index is 13.5. The number of anilines is 1. The summed E-state index contributed by atoms with van der Waals surface area (Å²) in [6.45, 7) is -0.151. The molecule has 0 spiro atoms. The van der Waals surface area contributed by atoms with Crippen LogP contribution in [0.4, 0.5) is 5.95 Å². The highest BCUT2D eigenvalue weighted by atomic mass is 35.5. The van der Waals surface area contributed by atoms with E-state index in [1.807, 2.05) is 42.6 Å². The van der Waals surface area contributed by atoms with Gasteiger partial charge in [-0.05, 0) is 66.7 Å². The first kappa shape index (κ1) is 27.5. The van der Waals surface area contributed by atoms with Crippen LogP contribution in [0.5, 0.6) is 11.5 Å². The molecule has 0 atom stereocenters. The maximum absolute atomic E-state index is 13.5. The predicted octanol–water partition coefficient (Wildman–Crippen LogP) is 6.08. The third-order valence-corrected chi connectivity index (χ3v) is 6.56. The van der Waals surface area contributed by atoms with Crippen molar-refractivity contribution in [1.29, 1.82) is 0 Å². The molecule has 2 aromatic heterocycles. The first-order valence-electron chi connectivity index (χ1n) is 12.7. The topological polar surface area (TPSA) is 98.8 Å². The summed E-state index contributed by atoms with van der Waals surface area (Å²) < 4.78 is 17.8. The van der Waals surface area contributed by atoms with E-state index in [4.69, 9.17) is 30.5 Å². The molecule has 5 rings (SSSR count). The number of benzene rings is 3. The van der Waals surface area contributed by atoms with Gasteiger partial charge in [0.05, 0.1) is 32.7 Å². The second-order valence-electron chi connectivity index (χ2n) is 9.05. The Hall–Kier alpha value is -5.02. The number of hydrogen-bond acceptors (Lipinski definition) is 6. The van der Waals surface area contributed by atoms with Gasteiger partial charge in [0, 0.05) is 28.0 Å². The number of furan rings is 1. The standard InChI is InChI=1S/C31H27ClN4O5/c1-39-25-14-12-24(13-15-25)36-19-28(21-8-10-23(32)11-9-21)33-31(36)34-29(37)20-35(18-27-7-4-16-41-27)30(38)22-5-3-6-26(17-22)40-2/h3-17,19H,18,20H2,1-2H3,(H,33,34,37). The highest BCUT2D eigenvalue weighted by Crippen LogP contribution is 2.27. The summed E-state index contributed by atoms with van der Waals surface area (Å²) in [5, 5.41) is 3.49. The summed E-state index contributed by atoms with van der Waals surface area (Å²) in [5.41, 5.74) is 2.60. The molecule has 3 aromatic carbocycles. The number of methoxy groups -OCH3 is 2. The van der Waals surface area contributed by atoms with Crippen LogP contribution in [0.25, 0.3) is 16.9 Å². The van der Waals surface area contributed by atoms with Crippen LogP contribution in [0.2, 0.25) is 5.02 Å². The number of carbonyl (C=O) groups is 2. The molecule has 9 nitrogen and oxygen atoms in total. The predicted molar refractivity (Wildman–Crippen MR) is 156 cm³/mol. The first-order chi connectivity index (χ1) is 19.9. The quantitative estimate of drug-likeness (QED) is 0.218. The minimum Gasteiger partial charge on any atom is -0.497 e. The molecular weight excluding hydrogens is 544 g/mol. The number of amides is 2. The monoisotopic (exact) mass is 570 g/mol. The highest BCUT2D eigenvalue weighted by molar-refractivity contribution is 6.30. The number of rotatable bonds is 10. The van der Waals surface area contributed by atoms with Gasteiger partial charge in [-0.1, -0.05) is 29.8 Å². The van der Waals surface area contributed by atoms with E-state index in [1.54, 1.807) is 60.2 Å². The van der Waals surface area contributed by atoms with Gasteiger partial charge in [-0.2, -0.15) is 0 Å². The van der Waals surface area contributed by atoms with Crippen molar-refractivity contribution in [3.05, 3.63) is 114 Å². The summed E-state index contributed by atoms with van der Waals surface area (Å²) in [5.74, 6) is 1.28. The van der Waals surface area contributed by atoms with E-state index in [-0.39, 0.29) is 24.9 Å². The second kappa shape index (κ2) is 12.4. The third-order valence-electron chi connectivity index (χ3n) is 6.31. The number of hydrogen-bond donors (Lipinski definition) is 1. The van der Waals surface area contributed by atoms with E-state index in [2.05, 4.69) is 5.32 Å². The maximum Gasteiger partial charge on any atom is 0.254 e.